The topological polar surface area (TPSA) is 29.5 Å². The summed E-state index contributed by atoms with van der Waals surface area (Å²) in [6.45, 7) is 12.5. The molecule has 0 aromatic heterocycles. The lowest BCUT2D eigenvalue weighted by molar-refractivity contribution is -0.0372. The fraction of sp³-hybridized carbons (Fsp3) is 0.647. The lowest BCUT2D eigenvalue weighted by Gasteiger charge is -2.33. The zero-order valence-corrected chi connectivity index (χ0v) is 13.4. The van der Waals surface area contributed by atoms with E-state index in [1.165, 1.54) is 12.5 Å². The minimum absolute atomic E-state index is 0.0518. The Hall–Kier alpha value is -1.09. The van der Waals surface area contributed by atoms with Gasteiger partial charge in [-0.2, -0.15) is 4.39 Å². The summed E-state index contributed by atoms with van der Waals surface area (Å²) in [5, 5.41) is 9.09. The van der Waals surface area contributed by atoms with Crippen LogP contribution in [0.1, 0.15) is 53.5 Å². The molecule has 0 aliphatic carbocycles. The Morgan fingerprint density at radius 2 is 1.60 bits per heavy atom. The SMILES string of the molecule is CC(O)C(F)Oc1ccc(C(C)(C)CC(C)(C)C)cc1. The molecule has 0 fully saturated rings. The van der Waals surface area contributed by atoms with Gasteiger partial charge in [-0.25, -0.2) is 0 Å². The van der Waals surface area contributed by atoms with Gasteiger partial charge in [0, 0.05) is 0 Å². The van der Waals surface area contributed by atoms with Gasteiger partial charge in [0.2, 0.25) is 0 Å². The van der Waals surface area contributed by atoms with Crippen LogP contribution in [-0.2, 0) is 5.41 Å². The van der Waals surface area contributed by atoms with E-state index in [1.807, 2.05) is 12.1 Å². The molecular formula is C17H27FO2. The summed E-state index contributed by atoms with van der Waals surface area (Å²) in [6, 6.07) is 7.45. The maximum Gasteiger partial charge on any atom is 0.263 e. The first-order valence-corrected chi connectivity index (χ1v) is 7.11. The second-order valence-corrected chi connectivity index (χ2v) is 7.36. The number of aliphatic hydroxyl groups is 1. The van der Waals surface area contributed by atoms with Crippen molar-refractivity contribution in [3.63, 3.8) is 0 Å². The summed E-state index contributed by atoms with van der Waals surface area (Å²) in [6.07, 6.45) is -1.77. The highest BCUT2D eigenvalue weighted by Gasteiger charge is 2.27. The molecule has 0 radical (unpaired) electrons. The van der Waals surface area contributed by atoms with E-state index in [1.54, 1.807) is 12.1 Å². The fourth-order valence-corrected chi connectivity index (χ4v) is 2.64. The van der Waals surface area contributed by atoms with Gasteiger partial charge in [-0.05, 0) is 41.9 Å². The molecule has 3 heteroatoms. The Morgan fingerprint density at radius 1 is 1.10 bits per heavy atom. The van der Waals surface area contributed by atoms with Crippen LogP contribution in [0, 0.1) is 5.41 Å². The van der Waals surface area contributed by atoms with Crippen molar-refractivity contribution in [1.82, 2.24) is 0 Å². The molecule has 0 aliphatic rings. The Bertz CT molecular complexity index is 416. The minimum Gasteiger partial charge on any atom is -0.458 e. The van der Waals surface area contributed by atoms with Gasteiger partial charge in [0.1, 0.15) is 11.9 Å². The van der Waals surface area contributed by atoms with E-state index < -0.39 is 12.5 Å². The van der Waals surface area contributed by atoms with Crippen molar-refractivity contribution in [2.24, 2.45) is 5.41 Å². The predicted octanol–water partition coefficient (Wildman–Crippen LogP) is 4.46. The molecule has 2 atom stereocenters. The van der Waals surface area contributed by atoms with E-state index in [4.69, 9.17) is 9.84 Å². The third-order valence-electron chi connectivity index (χ3n) is 3.24. The molecule has 2 nitrogen and oxygen atoms in total. The van der Waals surface area contributed by atoms with Gasteiger partial charge in [-0.15, -0.1) is 0 Å². The predicted molar refractivity (Wildman–Crippen MR) is 80.7 cm³/mol. The highest BCUT2D eigenvalue weighted by molar-refractivity contribution is 5.31. The van der Waals surface area contributed by atoms with Crippen LogP contribution in [0.15, 0.2) is 24.3 Å². The first-order chi connectivity index (χ1) is 9.01. The maximum absolute atomic E-state index is 13.3. The molecule has 1 aromatic carbocycles. The highest BCUT2D eigenvalue weighted by Crippen LogP contribution is 2.36. The van der Waals surface area contributed by atoms with Gasteiger partial charge in [0.25, 0.3) is 6.36 Å². The first-order valence-electron chi connectivity index (χ1n) is 7.11. The van der Waals surface area contributed by atoms with Crippen LogP contribution in [0.3, 0.4) is 0 Å². The molecule has 1 aromatic rings. The average molecular weight is 282 g/mol. The quantitative estimate of drug-likeness (QED) is 0.864. The Kier molecular flexibility index (Phi) is 5.20. The van der Waals surface area contributed by atoms with Crippen molar-refractivity contribution in [2.75, 3.05) is 0 Å². The third kappa shape index (κ3) is 5.12. The summed E-state index contributed by atoms with van der Waals surface area (Å²) in [4.78, 5) is 0. The number of aliphatic hydroxyl groups excluding tert-OH is 1. The van der Waals surface area contributed by atoms with Gasteiger partial charge in [-0.3, -0.25) is 0 Å². The number of alkyl halides is 1. The van der Waals surface area contributed by atoms with Crippen molar-refractivity contribution in [2.45, 2.75) is 65.8 Å². The van der Waals surface area contributed by atoms with E-state index in [0.717, 1.165) is 6.42 Å². The second-order valence-electron chi connectivity index (χ2n) is 7.36. The Morgan fingerprint density at radius 3 is 2.00 bits per heavy atom. The van der Waals surface area contributed by atoms with Crippen molar-refractivity contribution in [3.8, 4) is 5.75 Å². The summed E-state index contributed by atoms with van der Waals surface area (Å²) in [5.74, 6) is 0.439. The molecule has 0 spiro atoms. The van der Waals surface area contributed by atoms with Crippen LogP contribution in [0.2, 0.25) is 0 Å². The molecule has 1 N–H and O–H groups in total. The standard InChI is InChI=1S/C17H27FO2/c1-12(19)15(18)20-14-9-7-13(8-10-14)17(5,6)11-16(2,3)4/h7-10,12,15,19H,11H2,1-6H3. The summed E-state index contributed by atoms with van der Waals surface area (Å²) in [7, 11) is 0. The summed E-state index contributed by atoms with van der Waals surface area (Å²) in [5.41, 5.74) is 1.50. The molecule has 0 bridgehead atoms. The normalized spacial score (nSPS) is 15.8. The maximum atomic E-state index is 13.3. The van der Waals surface area contributed by atoms with Crippen LogP contribution >= 0.6 is 0 Å². The number of hydrogen-bond acceptors (Lipinski definition) is 2. The third-order valence-corrected chi connectivity index (χ3v) is 3.24. The molecule has 20 heavy (non-hydrogen) atoms. The zero-order chi connectivity index (χ0) is 15.6. The van der Waals surface area contributed by atoms with Gasteiger partial charge < -0.3 is 9.84 Å². The number of ether oxygens (including phenoxy) is 1. The van der Waals surface area contributed by atoms with E-state index in [9.17, 15) is 4.39 Å². The van der Waals surface area contributed by atoms with Crippen LogP contribution in [0.4, 0.5) is 4.39 Å². The van der Waals surface area contributed by atoms with Crippen molar-refractivity contribution >= 4 is 0 Å². The Labute approximate surface area is 122 Å². The zero-order valence-electron chi connectivity index (χ0n) is 13.4. The molecule has 0 saturated heterocycles. The van der Waals surface area contributed by atoms with Crippen LogP contribution < -0.4 is 4.74 Å². The van der Waals surface area contributed by atoms with E-state index >= 15 is 0 Å². The molecule has 2 unspecified atom stereocenters. The Balaban J connectivity index is 2.80. The van der Waals surface area contributed by atoms with E-state index in [-0.39, 0.29) is 10.8 Å². The monoisotopic (exact) mass is 282 g/mol. The van der Waals surface area contributed by atoms with Gasteiger partial charge in [0.05, 0.1) is 0 Å². The summed E-state index contributed by atoms with van der Waals surface area (Å²) >= 11 is 0. The minimum atomic E-state index is -1.69. The largest absolute Gasteiger partial charge is 0.458 e. The van der Waals surface area contributed by atoms with Crippen molar-refractivity contribution < 1.29 is 14.2 Å². The number of benzene rings is 1. The van der Waals surface area contributed by atoms with Crippen LogP contribution in [-0.4, -0.2) is 17.6 Å². The molecule has 1 rings (SSSR count). The van der Waals surface area contributed by atoms with Crippen LogP contribution in [0.25, 0.3) is 0 Å². The lowest BCUT2D eigenvalue weighted by Crippen LogP contribution is -2.25. The highest BCUT2D eigenvalue weighted by atomic mass is 19.1. The van der Waals surface area contributed by atoms with Crippen LogP contribution in [0.5, 0.6) is 5.75 Å². The lowest BCUT2D eigenvalue weighted by atomic mass is 9.72. The molecular weight excluding hydrogens is 255 g/mol. The second kappa shape index (κ2) is 6.13. The molecule has 0 amide bonds. The molecule has 114 valence electrons. The molecule has 0 heterocycles. The van der Waals surface area contributed by atoms with Gasteiger partial charge in [-0.1, -0.05) is 46.8 Å². The number of hydrogen-bond donors (Lipinski definition) is 1. The van der Waals surface area contributed by atoms with E-state index in [2.05, 4.69) is 34.6 Å². The van der Waals surface area contributed by atoms with Crippen molar-refractivity contribution in [1.29, 1.82) is 0 Å². The van der Waals surface area contributed by atoms with E-state index in [0.29, 0.717) is 5.75 Å². The fourth-order valence-electron chi connectivity index (χ4n) is 2.64. The molecule has 0 saturated carbocycles. The van der Waals surface area contributed by atoms with Gasteiger partial charge in [0.15, 0.2) is 0 Å². The first kappa shape index (κ1) is 17.0. The molecule has 0 aliphatic heterocycles. The van der Waals surface area contributed by atoms with Crippen molar-refractivity contribution in [3.05, 3.63) is 29.8 Å². The number of rotatable bonds is 5. The summed E-state index contributed by atoms with van der Waals surface area (Å²) < 4.78 is 18.3. The average Bonchev–Trinajstić information content (AvgIpc) is 2.26. The van der Waals surface area contributed by atoms with Gasteiger partial charge >= 0.3 is 0 Å². The smallest absolute Gasteiger partial charge is 0.263 e. The number of halogens is 1.